The molecule has 3 heterocycles. The fourth-order valence-electron chi connectivity index (χ4n) is 4.44. The molecule has 154 valence electrons. The lowest BCUT2D eigenvalue weighted by Crippen LogP contribution is -2.28. The average Bonchev–Trinajstić information content (AvgIpc) is 3.29. The molecule has 2 aromatic rings. The molecule has 4 rings (SSSR count). The van der Waals surface area contributed by atoms with E-state index in [2.05, 4.69) is 49.6 Å². The Morgan fingerprint density at radius 3 is 2.75 bits per heavy atom. The third-order valence-corrected chi connectivity index (χ3v) is 9.79. The van der Waals surface area contributed by atoms with Gasteiger partial charge in [0.1, 0.15) is 17.9 Å². The number of ether oxygens (including phenoxy) is 1. The number of hydrogen-bond acceptors (Lipinski definition) is 5. The minimum atomic E-state index is -1.46. The van der Waals surface area contributed by atoms with Crippen LogP contribution in [0.1, 0.15) is 68.9 Å². The van der Waals surface area contributed by atoms with E-state index in [0.29, 0.717) is 17.8 Å². The fourth-order valence-corrected chi connectivity index (χ4v) is 5.59. The van der Waals surface area contributed by atoms with Gasteiger partial charge in [0.05, 0.1) is 25.5 Å². The lowest BCUT2D eigenvalue weighted by molar-refractivity contribution is -0.0518. The second-order valence-corrected chi connectivity index (χ2v) is 15.9. The lowest BCUT2D eigenvalue weighted by atomic mass is 9.93. The Morgan fingerprint density at radius 1 is 1.39 bits per heavy atom. The van der Waals surface area contributed by atoms with Crippen molar-refractivity contribution in [3.63, 3.8) is 0 Å². The Bertz CT molecular complexity index is 873. The molecular weight excluding hydrogens is 368 g/mol. The second kappa shape index (κ2) is 6.81. The highest BCUT2D eigenvalue weighted by Gasteiger charge is 2.45. The fraction of sp³-hybridized carbons (Fsp3) is 0.714. The zero-order valence-corrected chi connectivity index (χ0v) is 18.8. The molecule has 6 nitrogen and oxygen atoms in total. The van der Waals surface area contributed by atoms with Gasteiger partial charge in [-0.1, -0.05) is 39.4 Å². The summed E-state index contributed by atoms with van der Waals surface area (Å²) in [5.41, 5.74) is 9.32. The third-order valence-electron chi connectivity index (χ3n) is 6.88. The van der Waals surface area contributed by atoms with Crippen LogP contribution in [0.3, 0.4) is 0 Å². The van der Waals surface area contributed by atoms with E-state index in [-0.39, 0.29) is 11.7 Å². The third kappa shape index (κ3) is 3.60. The summed E-state index contributed by atoms with van der Waals surface area (Å²) in [6.45, 7) is 11.5. The van der Waals surface area contributed by atoms with E-state index in [1.807, 2.05) is 4.52 Å². The quantitative estimate of drug-likeness (QED) is 0.712. The molecule has 28 heavy (non-hydrogen) atoms. The number of aromatic nitrogens is 3. The van der Waals surface area contributed by atoms with Crippen LogP contribution in [0, 0.1) is 5.92 Å². The maximum atomic E-state index is 10.9. The van der Waals surface area contributed by atoms with Crippen molar-refractivity contribution in [2.75, 3.05) is 5.73 Å². The summed E-state index contributed by atoms with van der Waals surface area (Å²) in [6, 6.07) is 2.16. The minimum Gasteiger partial charge on any atom is -0.390 e. The van der Waals surface area contributed by atoms with Gasteiger partial charge >= 0.3 is 0 Å². The molecule has 0 aromatic carbocycles. The van der Waals surface area contributed by atoms with E-state index in [1.54, 1.807) is 0 Å². The van der Waals surface area contributed by atoms with Crippen molar-refractivity contribution < 1.29 is 9.84 Å². The molecule has 2 aromatic heterocycles. The van der Waals surface area contributed by atoms with E-state index in [4.69, 9.17) is 10.5 Å². The predicted octanol–water partition coefficient (Wildman–Crippen LogP) is 4.06. The highest BCUT2D eigenvalue weighted by Crippen LogP contribution is 2.46. The molecule has 1 saturated carbocycles. The SMILES string of the molecule is CC(c1cc(C2OC(C)(CCC3CC3)CC2O)n2ncnc(N)c12)[Si](C)(C)C. The maximum absolute atomic E-state index is 10.9. The monoisotopic (exact) mass is 402 g/mol. The van der Waals surface area contributed by atoms with Crippen molar-refractivity contribution in [2.45, 2.75) is 88.9 Å². The zero-order valence-electron chi connectivity index (χ0n) is 17.8. The number of aliphatic hydroxyl groups is 1. The van der Waals surface area contributed by atoms with Crippen LogP contribution in [-0.4, -0.2) is 39.5 Å². The van der Waals surface area contributed by atoms with Crippen LogP contribution in [0.5, 0.6) is 0 Å². The van der Waals surface area contributed by atoms with Crippen LogP contribution in [-0.2, 0) is 4.74 Å². The Hall–Kier alpha value is -1.44. The second-order valence-electron chi connectivity index (χ2n) is 10.3. The van der Waals surface area contributed by atoms with Gasteiger partial charge in [0.2, 0.25) is 0 Å². The number of nitrogen functional groups attached to an aromatic ring is 1. The molecule has 7 heteroatoms. The molecule has 1 aliphatic carbocycles. The van der Waals surface area contributed by atoms with Crippen LogP contribution < -0.4 is 5.73 Å². The number of aliphatic hydroxyl groups excluding tert-OH is 1. The van der Waals surface area contributed by atoms with Gasteiger partial charge in [-0.25, -0.2) is 9.50 Å². The molecule has 3 N–H and O–H groups in total. The summed E-state index contributed by atoms with van der Waals surface area (Å²) in [7, 11) is -1.46. The molecule has 4 atom stereocenters. The standard InChI is InChI=1S/C21H34N4O2Si/c1-13(28(3,4)5)15-10-16(25-18(15)20(22)23-12-24-25)19-17(26)11-21(2,27-19)9-8-14-6-7-14/h10,12-14,17,19,26H,6-9,11H2,1-5H3,(H2,22,23,24). The molecule has 1 aliphatic heterocycles. The first-order valence-corrected chi connectivity index (χ1v) is 14.1. The van der Waals surface area contributed by atoms with Crippen molar-refractivity contribution in [3.05, 3.63) is 23.7 Å². The normalized spacial score (nSPS) is 29.5. The molecule has 0 amide bonds. The van der Waals surface area contributed by atoms with Gasteiger partial charge in [-0.2, -0.15) is 5.10 Å². The smallest absolute Gasteiger partial charge is 0.151 e. The summed E-state index contributed by atoms with van der Waals surface area (Å²) >= 11 is 0. The number of hydrogen-bond donors (Lipinski definition) is 2. The highest BCUT2D eigenvalue weighted by molar-refractivity contribution is 6.77. The Labute approximate surface area is 168 Å². The number of nitrogens with two attached hydrogens (primary N) is 1. The zero-order chi connectivity index (χ0) is 20.3. The van der Waals surface area contributed by atoms with Crippen LogP contribution >= 0.6 is 0 Å². The summed E-state index contributed by atoms with van der Waals surface area (Å²) in [4.78, 5) is 4.23. The van der Waals surface area contributed by atoms with E-state index in [9.17, 15) is 5.11 Å². The van der Waals surface area contributed by atoms with Crippen LogP contribution in [0.4, 0.5) is 5.82 Å². The summed E-state index contributed by atoms with van der Waals surface area (Å²) in [5.74, 6) is 1.35. The first-order chi connectivity index (χ1) is 13.1. The Kier molecular flexibility index (Phi) is 4.83. The number of rotatable bonds is 6. The first-order valence-electron chi connectivity index (χ1n) is 10.6. The van der Waals surface area contributed by atoms with Gasteiger partial charge < -0.3 is 15.6 Å². The van der Waals surface area contributed by atoms with Gasteiger partial charge in [-0.3, -0.25) is 0 Å². The number of fused-ring (bicyclic) bond motifs is 1. The average molecular weight is 403 g/mol. The topological polar surface area (TPSA) is 85.7 Å². The van der Waals surface area contributed by atoms with Gasteiger partial charge in [-0.15, -0.1) is 0 Å². The molecule has 0 bridgehead atoms. The van der Waals surface area contributed by atoms with E-state index in [0.717, 1.165) is 23.5 Å². The molecule has 0 spiro atoms. The van der Waals surface area contributed by atoms with Crippen LogP contribution in [0.15, 0.2) is 12.4 Å². The molecular formula is C21H34N4O2Si. The molecule has 2 aliphatic rings. The predicted molar refractivity (Wildman–Crippen MR) is 114 cm³/mol. The summed E-state index contributed by atoms with van der Waals surface area (Å²) in [5, 5.41) is 15.4. The molecule has 1 saturated heterocycles. The van der Waals surface area contributed by atoms with E-state index in [1.165, 1.54) is 31.2 Å². The first kappa shape index (κ1) is 19.9. The van der Waals surface area contributed by atoms with Crippen molar-refractivity contribution in [3.8, 4) is 0 Å². The van der Waals surface area contributed by atoms with Gasteiger partial charge in [0, 0.05) is 6.42 Å². The summed E-state index contributed by atoms with van der Waals surface area (Å²) in [6.07, 6.45) is 6.13. The molecule has 0 radical (unpaired) electrons. The summed E-state index contributed by atoms with van der Waals surface area (Å²) < 4.78 is 8.35. The number of nitrogens with zero attached hydrogens (tertiary/aromatic N) is 3. The van der Waals surface area contributed by atoms with Gasteiger partial charge in [0.15, 0.2) is 5.82 Å². The van der Waals surface area contributed by atoms with Crippen LogP contribution in [0.2, 0.25) is 19.6 Å². The highest BCUT2D eigenvalue weighted by atomic mass is 28.3. The largest absolute Gasteiger partial charge is 0.390 e. The van der Waals surface area contributed by atoms with Crippen molar-refractivity contribution >= 4 is 19.4 Å². The maximum Gasteiger partial charge on any atom is 0.151 e. The van der Waals surface area contributed by atoms with E-state index >= 15 is 0 Å². The molecule has 4 unspecified atom stereocenters. The lowest BCUT2D eigenvalue weighted by Gasteiger charge is -2.25. The number of anilines is 1. The minimum absolute atomic E-state index is 0.278. The van der Waals surface area contributed by atoms with Crippen molar-refractivity contribution in [1.82, 2.24) is 14.6 Å². The Morgan fingerprint density at radius 2 is 2.11 bits per heavy atom. The van der Waals surface area contributed by atoms with Gasteiger partial charge in [-0.05, 0) is 42.9 Å². The Balaban J connectivity index is 1.71. The van der Waals surface area contributed by atoms with Crippen LogP contribution in [0.25, 0.3) is 5.52 Å². The van der Waals surface area contributed by atoms with Gasteiger partial charge in [0.25, 0.3) is 0 Å². The molecule has 2 fully saturated rings. The van der Waals surface area contributed by atoms with Crippen molar-refractivity contribution in [2.24, 2.45) is 5.92 Å². The van der Waals surface area contributed by atoms with Crippen molar-refractivity contribution in [1.29, 1.82) is 0 Å². The van der Waals surface area contributed by atoms with E-state index < -0.39 is 14.2 Å².